The van der Waals surface area contributed by atoms with Crippen LogP contribution in [0.3, 0.4) is 0 Å². The average Bonchev–Trinajstić information content (AvgIpc) is 2.85. The Morgan fingerprint density at radius 2 is 2.32 bits per heavy atom. The average molecular weight is 281 g/mol. The molecule has 106 valence electrons. The Morgan fingerprint density at radius 3 is 2.95 bits per heavy atom. The lowest BCUT2D eigenvalue weighted by Gasteiger charge is -2.30. The Kier molecular flexibility index (Phi) is 4.93. The molecule has 0 saturated heterocycles. The summed E-state index contributed by atoms with van der Waals surface area (Å²) in [5.74, 6) is 0.580. The highest BCUT2D eigenvalue weighted by Gasteiger charge is 2.30. The lowest BCUT2D eigenvalue weighted by atomic mass is 9.78. The molecule has 4 nitrogen and oxygen atoms in total. The molecule has 0 aliphatic heterocycles. The van der Waals surface area contributed by atoms with E-state index in [1.165, 1.54) is 11.3 Å². The normalized spacial score (nSPS) is 25.0. The van der Waals surface area contributed by atoms with Gasteiger partial charge in [-0.15, -0.1) is 11.3 Å². The summed E-state index contributed by atoms with van der Waals surface area (Å²) < 4.78 is 0. The molecule has 1 heterocycles. The molecule has 3 atom stereocenters. The van der Waals surface area contributed by atoms with E-state index in [-0.39, 0.29) is 17.9 Å². The van der Waals surface area contributed by atoms with Gasteiger partial charge in [0.2, 0.25) is 5.91 Å². The lowest BCUT2D eigenvalue weighted by Crippen LogP contribution is -2.40. The van der Waals surface area contributed by atoms with E-state index in [1.54, 1.807) is 11.3 Å². The minimum Gasteiger partial charge on any atom is -0.347 e. The minimum absolute atomic E-state index is 0.00782. The first-order valence-corrected chi connectivity index (χ1v) is 7.86. The molecule has 19 heavy (non-hydrogen) atoms. The van der Waals surface area contributed by atoms with Gasteiger partial charge in [0.05, 0.1) is 6.04 Å². The number of nitrogens with two attached hydrogens (primary N) is 1. The Bertz CT molecular complexity index is 432. The Labute approximate surface area is 118 Å². The monoisotopic (exact) mass is 281 g/mol. The number of hydrogen-bond donors (Lipinski definition) is 2. The highest BCUT2D eigenvalue weighted by Crippen LogP contribution is 2.30. The van der Waals surface area contributed by atoms with Gasteiger partial charge in [0.25, 0.3) is 0 Å². The first-order chi connectivity index (χ1) is 9.11. The predicted octanol–water partition coefficient (Wildman–Crippen LogP) is 2.39. The predicted molar refractivity (Wildman–Crippen MR) is 77.9 cm³/mol. The summed E-state index contributed by atoms with van der Waals surface area (Å²) in [7, 11) is 0. The number of carbonyl (C=O) groups excluding carboxylic acids is 1. The van der Waals surface area contributed by atoms with Gasteiger partial charge < -0.3 is 11.1 Å². The molecule has 1 amide bonds. The van der Waals surface area contributed by atoms with Crippen LogP contribution < -0.4 is 11.1 Å². The van der Waals surface area contributed by atoms with E-state index in [2.05, 4.69) is 10.3 Å². The van der Waals surface area contributed by atoms with Crippen LogP contribution in [0.5, 0.6) is 0 Å². The molecule has 1 aliphatic carbocycles. The van der Waals surface area contributed by atoms with Crippen molar-refractivity contribution in [1.82, 2.24) is 10.3 Å². The molecule has 1 aromatic rings. The van der Waals surface area contributed by atoms with Crippen molar-refractivity contribution in [2.45, 2.75) is 45.6 Å². The van der Waals surface area contributed by atoms with Gasteiger partial charge in [-0.1, -0.05) is 12.8 Å². The Hall–Kier alpha value is -0.940. The number of carbonyl (C=O) groups is 1. The van der Waals surface area contributed by atoms with Crippen LogP contribution in [0.1, 0.15) is 48.5 Å². The standard InChI is InChI=1S/C14H23N3OS/c1-9-8-16-14(19-9)10(2)17-13(18)12-6-4-3-5-11(12)7-15/h8,10-12H,3-7,15H2,1-2H3,(H,17,18). The van der Waals surface area contributed by atoms with E-state index >= 15 is 0 Å². The van der Waals surface area contributed by atoms with Gasteiger partial charge in [-0.2, -0.15) is 0 Å². The van der Waals surface area contributed by atoms with E-state index in [0.717, 1.165) is 24.3 Å². The molecule has 1 fully saturated rings. The van der Waals surface area contributed by atoms with E-state index in [9.17, 15) is 4.79 Å². The van der Waals surface area contributed by atoms with Crippen molar-refractivity contribution in [3.63, 3.8) is 0 Å². The summed E-state index contributed by atoms with van der Waals surface area (Å²) >= 11 is 1.64. The van der Waals surface area contributed by atoms with Gasteiger partial charge in [-0.05, 0) is 39.2 Å². The van der Waals surface area contributed by atoms with Gasteiger partial charge in [-0.3, -0.25) is 4.79 Å². The summed E-state index contributed by atoms with van der Waals surface area (Å²) in [4.78, 5) is 17.9. The van der Waals surface area contributed by atoms with Crippen LogP contribution in [0, 0.1) is 18.8 Å². The summed E-state index contributed by atoms with van der Waals surface area (Å²) in [5.41, 5.74) is 5.79. The zero-order valence-electron chi connectivity index (χ0n) is 11.7. The van der Waals surface area contributed by atoms with Crippen molar-refractivity contribution in [2.24, 2.45) is 17.6 Å². The van der Waals surface area contributed by atoms with Gasteiger partial charge >= 0.3 is 0 Å². The number of nitrogens with one attached hydrogen (secondary N) is 1. The van der Waals surface area contributed by atoms with Gasteiger partial charge in [-0.25, -0.2) is 4.98 Å². The molecule has 0 radical (unpaired) electrons. The van der Waals surface area contributed by atoms with Gasteiger partial charge in [0, 0.05) is 17.0 Å². The molecule has 3 N–H and O–H groups in total. The number of aromatic nitrogens is 1. The maximum Gasteiger partial charge on any atom is 0.223 e. The quantitative estimate of drug-likeness (QED) is 0.890. The largest absolute Gasteiger partial charge is 0.347 e. The van der Waals surface area contributed by atoms with Crippen molar-refractivity contribution in [3.05, 3.63) is 16.1 Å². The molecule has 1 aliphatic rings. The van der Waals surface area contributed by atoms with Crippen LogP contribution in [0.15, 0.2) is 6.20 Å². The smallest absolute Gasteiger partial charge is 0.223 e. The fourth-order valence-corrected chi connectivity index (χ4v) is 3.57. The topological polar surface area (TPSA) is 68.0 Å². The SMILES string of the molecule is Cc1cnc(C(C)NC(=O)C2CCCCC2CN)s1. The zero-order valence-corrected chi connectivity index (χ0v) is 12.5. The van der Waals surface area contributed by atoms with Crippen molar-refractivity contribution in [2.75, 3.05) is 6.54 Å². The van der Waals surface area contributed by atoms with Crippen molar-refractivity contribution in [1.29, 1.82) is 0 Å². The molecule has 1 aromatic heterocycles. The molecule has 1 saturated carbocycles. The molecule has 5 heteroatoms. The van der Waals surface area contributed by atoms with E-state index in [1.807, 2.05) is 20.0 Å². The summed E-state index contributed by atoms with van der Waals surface area (Å²) in [5, 5.41) is 4.07. The third kappa shape index (κ3) is 3.54. The highest BCUT2D eigenvalue weighted by molar-refractivity contribution is 7.11. The van der Waals surface area contributed by atoms with Crippen molar-refractivity contribution >= 4 is 17.2 Å². The Morgan fingerprint density at radius 1 is 1.58 bits per heavy atom. The minimum atomic E-state index is -0.00782. The van der Waals surface area contributed by atoms with E-state index in [0.29, 0.717) is 12.5 Å². The van der Waals surface area contributed by atoms with Gasteiger partial charge in [0.1, 0.15) is 5.01 Å². The molecule has 3 unspecified atom stereocenters. The number of hydrogen-bond acceptors (Lipinski definition) is 4. The lowest BCUT2D eigenvalue weighted by molar-refractivity contribution is -0.128. The molecule has 2 rings (SSSR count). The zero-order chi connectivity index (χ0) is 13.8. The van der Waals surface area contributed by atoms with E-state index in [4.69, 9.17) is 5.73 Å². The van der Waals surface area contributed by atoms with E-state index < -0.39 is 0 Å². The molecular weight excluding hydrogens is 258 g/mol. The first kappa shape index (κ1) is 14.5. The van der Waals surface area contributed by atoms with Crippen molar-refractivity contribution < 1.29 is 4.79 Å². The molecule has 0 aromatic carbocycles. The molecule has 0 bridgehead atoms. The van der Waals surface area contributed by atoms with Crippen molar-refractivity contribution in [3.8, 4) is 0 Å². The summed E-state index contributed by atoms with van der Waals surface area (Å²) in [6.07, 6.45) is 6.24. The third-order valence-corrected chi connectivity index (χ3v) is 5.01. The van der Waals surface area contributed by atoms with Crippen LogP contribution in [0.2, 0.25) is 0 Å². The summed E-state index contributed by atoms with van der Waals surface area (Å²) in [6.45, 7) is 4.64. The fraction of sp³-hybridized carbons (Fsp3) is 0.714. The Balaban J connectivity index is 1.96. The second kappa shape index (κ2) is 6.48. The van der Waals surface area contributed by atoms with Crippen LogP contribution >= 0.6 is 11.3 Å². The number of aryl methyl sites for hydroxylation is 1. The number of amides is 1. The summed E-state index contributed by atoms with van der Waals surface area (Å²) in [6, 6.07) is -0.00782. The second-order valence-corrected chi connectivity index (χ2v) is 6.69. The fourth-order valence-electron chi connectivity index (χ4n) is 2.79. The molecular formula is C14H23N3OS. The van der Waals surface area contributed by atoms with Crippen LogP contribution in [0.4, 0.5) is 0 Å². The highest BCUT2D eigenvalue weighted by atomic mass is 32.1. The maximum absolute atomic E-state index is 12.4. The number of rotatable bonds is 4. The third-order valence-electron chi connectivity index (χ3n) is 3.92. The molecule has 0 spiro atoms. The van der Waals surface area contributed by atoms with Gasteiger partial charge in [0.15, 0.2) is 0 Å². The first-order valence-electron chi connectivity index (χ1n) is 7.04. The number of thiazole rings is 1. The second-order valence-electron chi connectivity index (χ2n) is 5.43. The van der Waals surface area contributed by atoms with Crippen LogP contribution in [0.25, 0.3) is 0 Å². The number of nitrogens with zero attached hydrogens (tertiary/aromatic N) is 1. The maximum atomic E-state index is 12.4. The van der Waals surface area contributed by atoms with Crippen LogP contribution in [-0.2, 0) is 4.79 Å². The van der Waals surface area contributed by atoms with Crippen LogP contribution in [-0.4, -0.2) is 17.4 Å².